The lowest BCUT2D eigenvalue weighted by Crippen LogP contribution is -2.41. The quantitative estimate of drug-likeness (QED) is 0.221. The van der Waals surface area contributed by atoms with Crippen LogP contribution in [0.2, 0.25) is 0 Å². The Hall–Kier alpha value is -3.99. The highest BCUT2D eigenvalue weighted by Crippen LogP contribution is 2.27. The first kappa shape index (κ1) is 34.5. The monoisotopic (exact) mass is 644 g/mol. The molecule has 1 aromatic heterocycles. The van der Waals surface area contributed by atoms with Crippen molar-refractivity contribution < 1.29 is 50.2 Å². The van der Waals surface area contributed by atoms with E-state index in [1.54, 1.807) is 12.1 Å². The van der Waals surface area contributed by atoms with Crippen LogP contribution >= 0.6 is 0 Å². The summed E-state index contributed by atoms with van der Waals surface area (Å²) in [6.07, 6.45) is -1.10. The smallest absolute Gasteiger partial charge is 0.475 e. The van der Waals surface area contributed by atoms with Gasteiger partial charge >= 0.3 is 12.1 Å². The second-order valence-electron chi connectivity index (χ2n) is 9.92. The van der Waals surface area contributed by atoms with E-state index >= 15 is 0 Å². The molecule has 0 radical (unpaired) electrons. The number of carboxylic acid groups (broad SMARTS) is 1. The van der Waals surface area contributed by atoms with E-state index in [1.165, 1.54) is 19.2 Å². The first-order chi connectivity index (χ1) is 20.5. The number of nitrogens with one attached hydrogen (secondary N) is 3. The number of amides is 1. The lowest BCUT2D eigenvalue weighted by Gasteiger charge is -2.20. The molecule has 10 nitrogen and oxygen atoms in total. The van der Waals surface area contributed by atoms with Gasteiger partial charge in [0.05, 0.1) is 23.2 Å². The van der Waals surface area contributed by atoms with Crippen LogP contribution in [-0.4, -0.2) is 59.8 Å². The van der Waals surface area contributed by atoms with E-state index in [-0.39, 0.29) is 17.0 Å². The van der Waals surface area contributed by atoms with E-state index in [1.807, 2.05) is 12.1 Å². The van der Waals surface area contributed by atoms with Crippen LogP contribution in [0.3, 0.4) is 0 Å². The fourth-order valence-electron chi connectivity index (χ4n) is 4.31. The number of alkyl halides is 3. The van der Waals surface area contributed by atoms with Gasteiger partial charge in [0.1, 0.15) is 11.6 Å². The number of hydrogen-bond acceptors (Lipinski definition) is 7. The Kier molecular flexibility index (Phi) is 11.5. The fourth-order valence-corrected chi connectivity index (χ4v) is 5.51. The van der Waals surface area contributed by atoms with Gasteiger partial charge in [-0.05, 0) is 74.2 Å². The molecule has 1 fully saturated rings. The zero-order valence-electron chi connectivity index (χ0n) is 23.1. The lowest BCUT2D eigenvalue weighted by molar-refractivity contribution is -0.192. The normalized spacial score (nSPS) is 18.1. The number of anilines is 1. The second kappa shape index (κ2) is 14.7. The first-order valence-electron chi connectivity index (χ1n) is 13.1. The van der Waals surface area contributed by atoms with Crippen molar-refractivity contribution in [3.05, 3.63) is 89.8 Å². The summed E-state index contributed by atoms with van der Waals surface area (Å²) in [6.45, 7) is 1.42. The van der Waals surface area contributed by atoms with E-state index in [0.717, 1.165) is 48.9 Å². The molecular weight excluding hydrogens is 615 g/mol. The molecule has 16 heteroatoms. The largest absolute Gasteiger partial charge is 0.490 e. The van der Waals surface area contributed by atoms with Crippen LogP contribution in [0.1, 0.15) is 37.0 Å². The number of rotatable bonds is 9. The molecule has 0 spiro atoms. The molecule has 1 aliphatic heterocycles. The SMILES string of the molecule is C[C@H](NS(=O)(=O)c1ccc(F)cc1)C(=O)Nc1ccc(C[C@@H]2CC[C@H]([C@H](O)c3cncc(F)c3)N2)cc1.O=C(O)C(F)(F)F. The molecule has 0 bridgehead atoms. The van der Waals surface area contributed by atoms with Crippen LogP contribution in [0.15, 0.2) is 71.9 Å². The molecule has 1 saturated heterocycles. The highest BCUT2D eigenvalue weighted by Gasteiger charge is 2.38. The number of aliphatic hydroxyl groups is 1. The van der Waals surface area contributed by atoms with Gasteiger partial charge in [-0.1, -0.05) is 12.1 Å². The number of aromatic nitrogens is 1. The Morgan fingerprint density at radius 2 is 1.64 bits per heavy atom. The van der Waals surface area contributed by atoms with Crippen molar-refractivity contribution in [1.82, 2.24) is 15.0 Å². The summed E-state index contributed by atoms with van der Waals surface area (Å²) in [6, 6.07) is 11.7. The lowest BCUT2D eigenvalue weighted by atomic mass is 10.0. The number of nitrogens with zero attached hydrogens (tertiary/aromatic N) is 1. The van der Waals surface area contributed by atoms with Crippen molar-refractivity contribution >= 4 is 27.6 Å². The number of carbonyl (C=O) groups excluding carboxylic acids is 1. The minimum atomic E-state index is -5.08. The second-order valence-corrected chi connectivity index (χ2v) is 11.6. The van der Waals surface area contributed by atoms with Gasteiger partial charge in [-0.2, -0.15) is 17.9 Å². The van der Waals surface area contributed by atoms with Crippen LogP contribution in [0.25, 0.3) is 0 Å². The Bertz CT molecular complexity index is 1540. The number of benzene rings is 2. The molecule has 5 N–H and O–H groups in total. The van der Waals surface area contributed by atoms with Gasteiger partial charge < -0.3 is 20.8 Å². The van der Waals surface area contributed by atoms with Crippen LogP contribution in [-0.2, 0) is 26.0 Å². The Balaban J connectivity index is 0.000000676. The molecule has 0 aliphatic carbocycles. The van der Waals surface area contributed by atoms with Crippen molar-refractivity contribution in [3.63, 3.8) is 0 Å². The molecule has 3 aromatic rings. The third kappa shape index (κ3) is 10.0. The minimum Gasteiger partial charge on any atom is -0.475 e. The van der Waals surface area contributed by atoms with E-state index in [0.29, 0.717) is 17.7 Å². The summed E-state index contributed by atoms with van der Waals surface area (Å²) in [5.41, 5.74) is 1.96. The number of halogens is 5. The summed E-state index contributed by atoms with van der Waals surface area (Å²) in [4.78, 5) is 25.1. The fraction of sp³-hybridized carbons (Fsp3) is 0.321. The van der Waals surface area contributed by atoms with Crippen LogP contribution in [0.4, 0.5) is 27.6 Å². The predicted octanol–water partition coefficient (Wildman–Crippen LogP) is 3.70. The number of aliphatic hydroxyl groups excluding tert-OH is 1. The Morgan fingerprint density at radius 3 is 2.20 bits per heavy atom. The van der Waals surface area contributed by atoms with Crippen molar-refractivity contribution in [2.45, 2.75) is 61.5 Å². The molecule has 2 heterocycles. The number of sulfonamides is 1. The van der Waals surface area contributed by atoms with E-state index in [2.05, 4.69) is 20.3 Å². The van der Waals surface area contributed by atoms with Crippen molar-refractivity contribution in [3.8, 4) is 0 Å². The van der Waals surface area contributed by atoms with Gasteiger partial charge in [0.15, 0.2) is 0 Å². The van der Waals surface area contributed by atoms with Gasteiger partial charge in [-0.3, -0.25) is 9.78 Å². The molecule has 44 heavy (non-hydrogen) atoms. The third-order valence-corrected chi connectivity index (χ3v) is 8.08. The summed E-state index contributed by atoms with van der Waals surface area (Å²) < 4.78 is 85.4. The van der Waals surface area contributed by atoms with E-state index in [4.69, 9.17) is 9.90 Å². The maximum Gasteiger partial charge on any atom is 0.490 e. The highest BCUT2D eigenvalue weighted by atomic mass is 32.2. The van der Waals surface area contributed by atoms with Crippen LogP contribution in [0, 0.1) is 11.6 Å². The van der Waals surface area contributed by atoms with E-state index in [9.17, 15) is 40.3 Å². The maximum absolute atomic E-state index is 13.4. The zero-order valence-corrected chi connectivity index (χ0v) is 23.9. The van der Waals surface area contributed by atoms with E-state index < -0.39 is 51.9 Å². The third-order valence-electron chi connectivity index (χ3n) is 6.52. The van der Waals surface area contributed by atoms with Gasteiger partial charge in [0.2, 0.25) is 15.9 Å². The van der Waals surface area contributed by atoms with Gasteiger partial charge in [-0.15, -0.1) is 0 Å². The average molecular weight is 645 g/mol. The molecule has 1 amide bonds. The zero-order chi connectivity index (χ0) is 32.7. The molecule has 0 saturated carbocycles. The topological polar surface area (TPSA) is 158 Å². The summed E-state index contributed by atoms with van der Waals surface area (Å²) in [5.74, 6) is -4.35. The number of carbonyl (C=O) groups is 2. The van der Waals surface area contributed by atoms with Crippen molar-refractivity contribution in [1.29, 1.82) is 0 Å². The molecule has 4 rings (SSSR count). The number of hydrogen-bond donors (Lipinski definition) is 5. The maximum atomic E-state index is 13.4. The predicted molar refractivity (Wildman–Crippen MR) is 148 cm³/mol. The summed E-state index contributed by atoms with van der Waals surface area (Å²) in [7, 11) is -3.99. The average Bonchev–Trinajstić information content (AvgIpc) is 3.42. The molecule has 2 aromatic carbocycles. The Morgan fingerprint density at radius 1 is 1.02 bits per heavy atom. The molecular formula is C28H29F5N4O6S. The number of carboxylic acids is 1. The molecule has 238 valence electrons. The van der Waals surface area contributed by atoms with Crippen molar-refractivity contribution in [2.24, 2.45) is 0 Å². The Labute approximate surface area is 249 Å². The summed E-state index contributed by atoms with van der Waals surface area (Å²) in [5, 5.41) is 23.8. The first-order valence-corrected chi connectivity index (χ1v) is 14.6. The minimum absolute atomic E-state index is 0.127. The van der Waals surface area contributed by atoms with Gasteiger partial charge in [0.25, 0.3) is 0 Å². The van der Waals surface area contributed by atoms with Gasteiger partial charge in [-0.25, -0.2) is 22.0 Å². The summed E-state index contributed by atoms with van der Waals surface area (Å²) >= 11 is 0. The standard InChI is InChI=1S/C26H28F2N4O4S.C2HF3O2/c1-16(32-37(35,36)23-9-4-19(27)5-10-23)26(34)31-21-6-2-17(3-7-21)12-22-8-11-24(30-22)25(33)18-13-20(28)15-29-14-18;3-2(4,5)1(6)7/h2-7,9-10,13-16,22,24-25,30,32-33H,8,11-12H2,1H3,(H,31,34);(H,6,7)/t16-,22-,24+,25+;/m0./s1. The number of pyridine rings is 1. The van der Waals surface area contributed by atoms with Crippen LogP contribution in [0.5, 0.6) is 0 Å². The highest BCUT2D eigenvalue weighted by molar-refractivity contribution is 7.89. The molecule has 1 aliphatic rings. The van der Waals surface area contributed by atoms with Gasteiger partial charge in [0, 0.05) is 29.5 Å². The molecule has 4 atom stereocenters. The molecule has 0 unspecified atom stereocenters. The van der Waals surface area contributed by atoms with Crippen molar-refractivity contribution in [2.75, 3.05) is 5.32 Å². The van der Waals surface area contributed by atoms with Crippen LogP contribution < -0.4 is 15.4 Å². The number of aliphatic carboxylic acids is 1.